The van der Waals surface area contributed by atoms with Crippen molar-refractivity contribution < 1.29 is 5.11 Å². The summed E-state index contributed by atoms with van der Waals surface area (Å²) in [7, 11) is 0. The van der Waals surface area contributed by atoms with Gasteiger partial charge in [-0.25, -0.2) is 4.98 Å². The fourth-order valence-corrected chi connectivity index (χ4v) is 4.04. The van der Waals surface area contributed by atoms with E-state index < -0.39 is 0 Å². The molecule has 1 aliphatic carbocycles. The van der Waals surface area contributed by atoms with Crippen LogP contribution in [0.15, 0.2) is 0 Å². The highest BCUT2D eigenvalue weighted by Gasteiger charge is 2.31. The smallest absolute Gasteiger partial charge is 0.186 e. The summed E-state index contributed by atoms with van der Waals surface area (Å²) in [4.78, 5) is 8.44. The Labute approximate surface area is 113 Å². The topological polar surface area (TPSA) is 36.4 Å². The number of piperidine rings is 1. The maximum atomic E-state index is 9.48. The van der Waals surface area contributed by atoms with Gasteiger partial charge in [-0.05, 0) is 38.5 Å². The fourth-order valence-electron chi connectivity index (χ4n) is 2.94. The maximum absolute atomic E-state index is 9.48. The molecule has 0 spiro atoms. The van der Waals surface area contributed by atoms with Crippen LogP contribution in [0.2, 0.25) is 0 Å². The highest BCUT2D eigenvalue weighted by atomic mass is 32.1. The summed E-state index contributed by atoms with van der Waals surface area (Å²) in [6.07, 6.45) is 7.64. The third-order valence-electron chi connectivity index (χ3n) is 4.17. The second-order valence-corrected chi connectivity index (χ2v) is 6.55. The molecule has 1 N–H and O–H groups in total. The average molecular weight is 266 g/mol. The molecule has 1 unspecified atom stereocenters. The summed E-state index contributed by atoms with van der Waals surface area (Å²) in [6, 6.07) is 0.656. The maximum Gasteiger partial charge on any atom is 0.186 e. The van der Waals surface area contributed by atoms with Crippen molar-refractivity contribution in [2.75, 3.05) is 11.4 Å². The fraction of sp³-hybridized carbons (Fsp3) is 0.786. The van der Waals surface area contributed by atoms with Crippen molar-refractivity contribution in [2.45, 2.75) is 64.0 Å². The molecule has 0 radical (unpaired) electrons. The van der Waals surface area contributed by atoms with Crippen molar-refractivity contribution in [1.82, 2.24) is 4.98 Å². The standard InChI is InChI=1S/C14H22N2OS/c1-2-11-5-3-4-8-16(11)14-15-13(10-6-7-10)12(9-17)18-14/h10-11,17H,2-9H2,1H3. The predicted molar refractivity (Wildman–Crippen MR) is 75.3 cm³/mol. The Balaban J connectivity index is 1.85. The van der Waals surface area contributed by atoms with E-state index in [-0.39, 0.29) is 6.61 Å². The highest BCUT2D eigenvalue weighted by molar-refractivity contribution is 7.15. The van der Waals surface area contributed by atoms with Gasteiger partial charge < -0.3 is 10.0 Å². The van der Waals surface area contributed by atoms with Gasteiger partial charge in [-0.2, -0.15) is 0 Å². The minimum atomic E-state index is 0.161. The number of aliphatic hydroxyl groups excluding tert-OH is 1. The first-order chi connectivity index (χ1) is 8.83. The van der Waals surface area contributed by atoms with E-state index in [1.807, 2.05) is 0 Å². The van der Waals surface area contributed by atoms with Crippen LogP contribution in [0.25, 0.3) is 0 Å². The summed E-state index contributed by atoms with van der Waals surface area (Å²) >= 11 is 1.72. The van der Waals surface area contributed by atoms with Crippen molar-refractivity contribution in [3.05, 3.63) is 10.6 Å². The molecule has 1 atom stereocenters. The van der Waals surface area contributed by atoms with E-state index in [4.69, 9.17) is 4.98 Å². The van der Waals surface area contributed by atoms with Crippen molar-refractivity contribution in [3.8, 4) is 0 Å². The Morgan fingerprint density at radius 2 is 2.17 bits per heavy atom. The van der Waals surface area contributed by atoms with E-state index >= 15 is 0 Å². The first-order valence-corrected chi connectivity index (χ1v) is 8.02. The molecular weight excluding hydrogens is 244 g/mol. The summed E-state index contributed by atoms with van der Waals surface area (Å²) in [5.41, 5.74) is 1.19. The predicted octanol–water partition coefficient (Wildman–Crippen LogP) is 3.28. The molecule has 4 heteroatoms. The third-order valence-corrected chi connectivity index (χ3v) is 5.26. The van der Waals surface area contributed by atoms with Crippen LogP contribution in [0.1, 0.15) is 61.9 Å². The zero-order chi connectivity index (χ0) is 12.5. The number of rotatable bonds is 4. The molecule has 2 fully saturated rings. The molecular formula is C14H22N2OS. The van der Waals surface area contributed by atoms with Gasteiger partial charge >= 0.3 is 0 Å². The number of thiazole rings is 1. The summed E-state index contributed by atoms with van der Waals surface area (Å²) in [5.74, 6) is 0.641. The Bertz CT molecular complexity index is 414. The molecule has 100 valence electrons. The zero-order valence-electron chi connectivity index (χ0n) is 11.1. The van der Waals surface area contributed by atoms with Crippen molar-refractivity contribution in [3.63, 3.8) is 0 Å². The third kappa shape index (κ3) is 2.28. The molecule has 1 aromatic heterocycles. The second kappa shape index (κ2) is 5.17. The first kappa shape index (κ1) is 12.4. The van der Waals surface area contributed by atoms with Crippen LogP contribution < -0.4 is 4.90 Å². The number of aliphatic hydroxyl groups is 1. The minimum Gasteiger partial charge on any atom is -0.391 e. The van der Waals surface area contributed by atoms with E-state index in [1.54, 1.807) is 11.3 Å². The SMILES string of the molecule is CCC1CCCCN1c1nc(C2CC2)c(CO)s1. The lowest BCUT2D eigenvalue weighted by Crippen LogP contribution is -2.39. The van der Waals surface area contributed by atoms with E-state index in [1.165, 1.54) is 44.2 Å². The van der Waals surface area contributed by atoms with Gasteiger partial charge in [0.1, 0.15) is 0 Å². The normalized spacial score (nSPS) is 24.6. The quantitative estimate of drug-likeness (QED) is 0.908. The molecule has 3 rings (SSSR count). The van der Waals surface area contributed by atoms with Crippen LogP contribution in [0.3, 0.4) is 0 Å². The van der Waals surface area contributed by atoms with Gasteiger partial charge in [0.15, 0.2) is 5.13 Å². The molecule has 18 heavy (non-hydrogen) atoms. The number of hydrogen-bond acceptors (Lipinski definition) is 4. The molecule has 1 saturated heterocycles. The lowest BCUT2D eigenvalue weighted by Gasteiger charge is -2.35. The summed E-state index contributed by atoms with van der Waals surface area (Å²) < 4.78 is 0. The minimum absolute atomic E-state index is 0.161. The average Bonchev–Trinajstić information content (AvgIpc) is 3.18. The largest absolute Gasteiger partial charge is 0.391 e. The van der Waals surface area contributed by atoms with Crippen LogP contribution in [0, 0.1) is 0 Å². The number of aromatic nitrogens is 1. The van der Waals surface area contributed by atoms with Gasteiger partial charge in [0.2, 0.25) is 0 Å². The summed E-state index contributed by atoms with van der Waals surface area (Å²) in [5, 5.41) is 10.6. The molecule has 1 aliphatic heterocycles. The number of anilines is 1. The lowest BCUT2D eigenvalue weighted by molar-refractivity contribution is 0.284. The van der Waals surface area contributed by atoms with Crippen LogP contribution >= 0.6 is 11.3 Å². The van der Waals surface area contributed by atoms with Gasteiger partial charge in [0, 0.05) is 18.5 Å². The van der Waals surface area contributed by atoms with Crippen LogP contribution in [-0.4, -0.2) is 22.7 Å². The van der Waals surface area contributed by atoms with Gasteiger partial charge in [-0.3, -0.25) is 0 Å². The van der Waals surface area contributed by atoms with Gasteiger partial charge in [-0.15, -0.1) is 0 Å². The molecule has 0 bridgehead atoms. The van der Waals surface area contributed by atoms with Gasteiger partial charge in [0.25, 0.3) is 0 Å². The molecule has 1 saturated carbocycles. The van der Waals surface area contributed by atoms with Crippen molar-refractivity contribution in [1.29, 1.82) is 0 Å². The van der Waals surface area contributed by atoms with E-state index in [2.05, 4.69) is 11.8 Å². The molecule has 0 amide bonds. The van der Waals surface area contributed by atoms with Crippen LogP contribution in [0.4, 0.5) is 5.13 Å². The van der Waals surface area contributed by atoms with Crippen LogP contribution in [-0.2, 0) is 6.61 Å². The Morgan fingerprint density at radius 1 is 1.33 bits per heavy atom. The Hall–Kier alpha value is -0.610. The molecule has 0 aromatic carbocycles. The summed E-state index contributed by atoms with van der Waals surface area (Å²) in [6.45, 7) is 3.57. The molecule has 2 heterocycles. The lowest BCUT2D eigenvalue weighted by atomic mass is 10.0. The van der Waals surface area contributed by atoms with Crippen molar-refractivity contribution >= 4 is 16.5 Å². The Morgan fingerprint density at radius 3 is 2.83 bits per heavy atom. The van der Waals surface area contributed by atoms with E-state index in [0.29, 0.717) is 12.0 Å². The highest BCUT2D eigenvalue weighted by Crippen LogP contribution is 2.44. The van der Waals surface area contributed by atoms with E-state index in [0.717, 1.165) is 16.6 Å². The van der Waals surface area contributed by atoms with E-state index in [9.17, 15) is 5.11 Å². The Kier molecular flexibility index (Phi) is 3.57. The van der Waals surface area contributed by atoms with Crippen LogP contribution in [0.5, 0.6) is 0 Å². The molecule has 2 aliphatic rings. The molecule has 1 aromatic rings. The monoisotopic (exact) mass is 266 g/mol. The number of hydrogen-bond donors (Lipinski definition) is 1. The second-order valence-electron chi connectivity index (χ2n) is 5.49. The van der Waals surface area contributed by atoms with Gasteiger partial charge in [0.05, 0.1) is 17.2 Å². The number of nitrogens with zero attached hydrogens (tertiary/aromatic N) is 2. The molecule has 3 nitrogen and oxygen atoms in total. The first-order valence-electron chi connectivity index (χ1n) is 7.20. The van der Waals surface area contributed by atoms with Crippen molar-refractivity contribution in [2.24, 2.45) is 0 Å². The zero-order valence-corrected chi connectivity index (χ0v) is 11.9. The van der Waals surface area contributed by atoms with Gasteiger partial charge in [-0.1, -0.05) is 18.3 Å².